The molecular formula is C10H15NS. The quantitative estimate of drug-likeness (QED) is 0.678. The number of hydrogen-bond acceptors (Lipinski definition) is 2. The minimum Gasteiger partial charge on any atom is -0.297 e. The molecule has 1 aliphatic rings. The molecule has 1 aromatic heterocycles. The van der Waals surface area contributed by atoms with E-state index in [0.29, 0.717) is 0 Å². The number of nitrogens with zero attached hydrogens (tertiary/aromatic N) is 1. The van der Waals surface area contributed by atoms with E-state index in [1.54, 1.807) is 0 Å². The third-order valence-electron chi connectivity index (χ3n) is 2.70. The summed E-state index contributed by atoms with van der Waals surface area (Å²) < 4.78 is 0. The highest BCUT2D eigenvalue weighted by atomic mass is 32.1. The second-order valence-electron chi connectivity index (χ2n) is 3.34. The lowest BCUT2D eigenvalue weighted by Crippen LogP contribution is -2.22. The van der Waals surface area contributed by atoms with Crippen LogP contribution in [0.25, 0.3) is 0 Å². The van der Waals surface area contributed by atoms with Gasteiger partial charge in [0.15, 0.2) is 0 Å². The van der Waals surface area contributed by atoms with Crippen LogP contribution in [-0.4, -0.2) is 18.0 Å². The van der Waals surface area contributed by atoms with Gasteiger partial charge in [-0.25, -0.2) is 0 Å². The summed E-state index contributed by atoms with van der Waals surface area (Å²) in [6.07, 6.45) is 2.72. The van der Waals surface area contributed by atoms with E-state index >= 15 is 0 Å². The van der Waals surface area contributed by atoms with E-state index in [-0.39, 0.29) is 0 Å². The molecule has 0 aromatic carbocycles. The Morgan fingerprint density at radius 2 is 2.58 bits per heavy atom. The highest BCUT2D eigenvalue weighted by Gasteiger charge is 2.24. The fourth-order valence-corrected chi connectivity index (χ4v) is 2.75. The third-order valence-corrected chi connectivity index (χ3v) is 3.40. The van der Waals surface area contributed by atoms with E-state index in [1.165, 1.54) is 31.5 Å². The van der Waals surface area contributed by atoms with Crippen molar-refractivity contribution < 1.29 is 0 Å². The van der Waals surface area contributed by atoms with Gasteiger partial charge >= 0.3 is 0 Å². The van der Waals surface area contributed by atoms with E-state index in [9.17, 15) is 0 Å². The van der Waals surface area contributed by atoms with E-state index in [1.807, 2.05) is 11.3 Å². The van der Waals surface area contributed by atoms with Crippen molar-refractivity contribution in [3.63, 3.8) is 0 Å². The smallest absolute Gasteiger partial charge is 0.0356 e. The second-order valence-corrected chi connectivity index (χ2v) is 4.12. The molecule has 1 aliphatic heterocycles. The van der Waals surface area contributed by atoms with Gasteiger partial charge < -0.3 is 0 Å². The van der Waals surface area contributed by atoms with Gasteiger partial charge in [-0.05, 0) is 48.3 Å². The van der Waals surface area contributed by atoms with Gasteiger partial charge in [-0.3, -0.25) is 4.90 Å². The molecule has 1 nitrogen and oxygen atoms in total. The molecule has 0 radical (unpaired) electrons. The number of thiophene rings is 1. The van der Waals surface area contributed by atoms with Crippen LogP contribution in [0.1, 0.15) is 31.4 Å². The lowest BCUT2D eigenvalue weighted by atomic mass is 10.1. The molecule has 2 heterocycles. The first kappa shape index (κ1) is 8.27. The van der Waals surface area contributed by atoms with Crippen molar-refractivity contribution in [3.05, 3.63) is 22.4 Å². The molecule has 0 amide bonds. The third kappa shape index (κ3) is 1.41. The topological polar surface area (TPSA) is 3.24 Å². The molecule has 0 bridgehead atoms. The number of rotatable bonds is 2. The summed E-state index contributed by atoms with van der Waals surface area (Å²) in [5.74, 6) is 0. The van der Waals surface area contributed by atoms with Crippen molar-refractivity contribution in [2.45, 2.75) is 25.8 Å². The molecule has 1 fully saturated rings. The molecule has 2 rings (SSSR count). The summed E-state index contributed by atoms with van der Waals surface area (Å²) >= 11 is 1.81. The number of hydrogen-bond donors (Lipinski definition) is 0. The Bertz CT molecular complexity index is 230. The SMILES string of the molecule is CCN1CCC[C@H]1c1ccsc1. The van der Waals surface area contributed by atoms with Crippen LogP contribution in [0.2, 0.25) is 0 Å². The van der Waals surface area contributed by atoms with Gasteiger partial charge in [0, 0.05) is 6.04 Å². The van der Waals surface area contributed by atoms with Crippen molar-refractivity contribution in [1.29, 1.82) is 0 Å². The zero-order valence-corrected chi connectivity index (χ0v) is 8.31. The Kier molecular flexibility index (Phi) is 2.47. The van der Waals surface area contributed by atoms with Crippen LogP contribution < -0.4 is 0 Å². The van der Waals surface area contributed by atoms with Crippen molar-refractivity contribution in [1.82, 2.24) is 4.90 Å². The zero-order chi connectivity index (χ0) is 8.39. The van der Waals surface area contributed by atoms with Crippen molar-refractivity contribution in [2.75, 3.05) is 13.1 Å². The van der Waals surface area contributed by atoms with Gasteiger partial charge in [-0.2, -0.15) is 11.3 Å². The first-order valence-corrected chi connectivity index (χ1v) is 5.62. The van der Waals surface area contributed by atoms with Gasteiger partial charge in [0.25, 0.3) is 0 Å². The monoisotopic (exact) mass is 181 g/mol. The van der Waals surface area contributed by atoms with Crippen LogP contribution >= 0.6 is 11.3 Å². The van der Waals surface area contributed by atoms with E-state index < -0.39 is 0 Å². The van der Waals surface area contributed by atoms with Crippen molar-refractivity contribution in [2.24, 2.45) is 0 Å². The molecule has 1 aromatic rings. The van der Waals surface area contributed by atoms with E-state index in [0.717, 1.165) is 6.04 Å². The molecule has 66 valence electrons. The number of likely N-dealkylation sites (tertiary alicyclic amines) is 1. The minimum atomic E-state index is 0.723. The van der Waals surface area contributed by atoms with Crippen LogP contribution in [0.15, 0.2) is 16.8 Å². The molecule has 1 saturated heterocycles. The minimum absolute atomic E-state index is 0.723. The van der Waals surface area contributed by atoms with E-state index in [2.05, 4.69) is 28.7 Å². The van der Waals surface area contributed by atoms with Gasteiger partial charge in [-0.1, -0.05) is 6.92 Å². The van der Waals surface area contributed by atoms with Gasteiger partial charge in [0.1, 0.15) is 0 Å². The van der Waals surface area contributed by atoms with E-state index in [4.69, 9.17) is 0 Å². The van der Waals surface area contributed by atoms with Crippen LogP contribution in [0.4, 0.5) is 0 Å². The first-order chi connectivity index (χ1) is 5.92. The van der Waals surface area contributed by atoms with Gasteiger partial charge in [0.05, 0.1) is 0 Å². The molecular weight excluding hydrogens is 166 g/mol. The Labute approximate surface area is 78.0 Å². The first-order valence-electron chi connectivity index (χ1n) is 4.68. The summed E-state index contributed by atoms with van der Waals surface area (Å²) in [5.41, 5.74) is 1.53. The summed E-state index contributed by atoms with van der Waals surface area (Å²) in [4.78, 5) is 2.57. The van der Waals surface area contributed by atoms with Crippen LogP contribution in [0, 0.1) is 0 Å². The maximum atomic E-state index is 2.57. The van der Waals surface area contributed by atoms with Gasteiger partial charge in [-0.15, -0.1) is 0 Å². The summed E-state index contributed by atoms with van der Waals surface area (Å²) in [6.45, 7) is 4.74. The van der Waals surface area contributed by atoms with Crippen LogP contribution in [-0.2, 0) is 0 Å². The Morgan fingerprint density at radius 3 is 3.25 bits per heavy atom. The van der Waals surface area contributed by atoms with Gasteiger partial charge in [0.2, 0.25) is 0 Å². The fourth-order valence-electron chi connectivity index (χ4n) is 2.05. The van der Waals surface area contributed by atoms with Crippen molar-refractivity contribution >= 4 is 11.3 Å². The molecule has 0 spiro atoms. The molecule has 0 N–H and O–H groups in total. The van der Waals surface area contributed by atoms with Crippen LogP contribution in [0.3, 0.4) is 0 Å². The maximum Gasteiger partial charge on any atom is 0.0356 e. The fraction of sp³-hybridized carbons (Fsp3) is 0.600. The molecule has 12 heavy (non-hydrogen) atoms. The highest BCUT2D eigenvalue weighted by Crippen LogP contribution is 2.32. The molecule has 2 heteroatoms. The van der Waals surface area contributed by atoms with Crippen LogP contribution in [0.5, 0.6) is 0 Å². The Morgan fingerprint density at radius 1 is 1.67 bits per heavy atom. The molecule has 0 aliphatic carbocycles. The summed E-state index contributed by atoms with van der Waals surface area (Å²) in [7, 11) is 0. The Balaban J connectivity index is 2.13. The zero-order valence-electron chi connectivity index (χ0n) is 7.49. The Hall–Kier alpha value is -0.340. The largest absolute Gasteiger partial charge is 0.297 e. The lowest BCUT2D eigenvalue weighted by Gasteiger charge is -2.21. The normalized spacial score (nSPS) is 24.9. The van der Waals surface area contributed by atoms with Crippen molar-refractivity contribution in [3.8, 4) is 0 Å². The summed E-state index contributed by atoms with van der Waals surface area (Å²) in [5, 5.41) is 4.47. The highest BCUT2D eigenvalue weighted by molar-refractivity contribution is 7.07. The lowest BCUT2D eigenvalue weighted by molar-refractivity contribution is 0.272. The summed E-state index contributed by atoms with van der Waals surface area (Å²) in [6, 6.07) is 2.99. The molecule has 0 saturated carbocycles. The molecule has 0 unspecified atom stereocenters. The maximum absolute atomic E-state index is 2.57. The predicted molar refractivity (Wildman–Crippen MR) is 53.5 cm³/mol. The predicted octanol–water partition coefficient (Wildman–Crippen LogP) is 2.90. The molecule has 1 atom stereocenters. The second kappa shape index (κ2) is 3.58. The average Bonchev–Trinajstić information content (AvgIpc) is 2.74. The average molecular weight is 181 g/mol. The standard InChI is InChI=1S/C10H15NS/c1-2-11-6-3-4-10(11)9-5-7-12-8-9/h5,7-8,10H,2-4,6H2,1H3/t10-/m0/s1.